The van der Waals surface area contributed by atoms with E-state index in [1.165, 1.54) is 0 Å². The summed E-state index contributed by atoms with van der Waals surface area (Å²) in [4.78, 5) is 80.4. The number of hydrogen-bond donors (Lipinski definition) is 7. The minimum absolute atomic E-state index is 0.0508. The number of H-pyrrole nitrogens is 1. The molecule has 0 saturated carbocycles. The molecule has 1 heterocycles. The predicted octanol–water partition coefficient (Wildman–Crippen LogP) is 2.58. The van der Waals surface area contributed by atoms with Crippen LogP contribution in [-0.2, 0) is 35.1 Å². The summed E-state index contributed by atoms with van der Waals surface area (Å²) in [6, 6.07) is 10.3. The fraction of sp³-hybridized carbons (Fsp3) is 0.412. The lowest BCUT2D eigenvalue weighted by atomic mass is 10.0. The number of aliphatic carboxylic acids is 1. The largest absolute Gasteiger partial charge is 0.481 e. The third-order valence-corrected chi connectivity index (χ3v) is 7.30. The van der Waals surface area contributed by atoms with Gasteiger partial charge in [0.25, 0.3) is 0 Å². The number of benzene rings is 2. The monoisotopic (exact) mass is 664 g/mol. The van der Waals surface area contributed by atoms with E-state index < -0.39 is 71.9 Å². The summed E-state index contributed by atoms with van der Waals surface area (Å²) in [5.41, 5.74) is 6.59. The molecule has 4 atom stereocenters. The average Bonchev–Trinajstić information content (AvgIpc) is 3.42. The number of aromatic nitrogens is 1. The van der Waals surface area contributed by atoms with Crippen LogP contribution in [0.5, 0.6) is 0 Å². The number of rotatable bonds is 16. The Morgan fingerprint density at radius 1 is 0.833 bits per heavy atom. The van der Waals surface area contributed by atoms with Gasteiger partial charge in [-0.3, -0.25) is 24.0 Å². The second-order valence-corrected chi connectivity index (χ2v) is 12.4. The van der Waals surface area contributed by atoms with Gasteiger partial charge in [-0.15, -0.1) is 0 Å². The van der Waals surface area contributed by atoms with Gasteiger partial charge < -0.3 is 41.8 Å². The number of aromatic amines is 1. The summed E-state index contributed by atoms with van der Waals surface area (Å²) in [5.74, 6) is -4.75. The van der Waals surface area contributed by atoms with Crippen LogP contribution in [0.25, 0.3) is 10.9 Å². The van der Waals surface area contributed by atoms with Crippen LogP contribution in [0, 0.1) is 0 Å². The van der Waals surface area contributed by atoms with E-state index in [1.807, 2.05) is 31.2 Å². The van der Waals surface area contributed by atoms with Gasteiger partial charge in [-0.2, -0.15) is 0 Å². The minimum atomic E-state index is -1.61. The molecule has 14 nitrogen and oxygen atoms in total. The second-order valence-electron chi connectivity index (χ2n) is 12.4. The van der Waals surface area contributed by atoms with Crippen molar-refractivity contribution in [2.24, 2.45) is 5.73 Å². The van der Waals surface area contributed by atoms with Crippen molar-refractivity contribution in [3.8, 4) is 0 Å². The van der Waals surface area contributed by atoms with E-state index >= 15 is 0 Å². The molecule has 5 amide bonds. The maximum absolute atomic E-state index is 13.8. The summed E-state index contributed by atoms with van der Waals surface area (Å²) in [6.07, 6.45) is 1.44. The number of nitrogens with two attached hydrogens (primary N) is 1. The fourth-order valence-corrected chi connectivity index (χ4v) is 4.99. The van der Waals surface area contributed by atoms with Gasteiger partial charge in [0.05, 0.1) is 6.42 Å². The maximum atomic E-state index is 13.8. The Bertz CT molecular complexity index is 1600. The average molecular weight is 665 g/mol. The van der Waals surface area contributed by atoms with Gasteiger partial charge in [-0.25, -0.2) is 4.79 Å². The number of carboxylic acids is 1. The van der Waals surface area contributed by atoms with Gasteiger partial charge in [0, 0.05) is 23.5 Å². The van der Waals surface area contributed by atoms with Crippen LogP contribution < -0.4 is 27.0 Å². The van der Waals surface area contributed by atoms with Gasteiger partial charge in [0.1, 0.15) is 29.8 Å². The van der Waals surface area contributed by atoms with E-state index in [0.717, 1.165) is 16.5 Å². The van der Waals surface area contributed by atoms with Crippen molar-refractivity contribution in [3.63, 3.8) is 0 Å². The molecule has 8 N–H and O–H groups in total. The maximum Gasteiger partial charge on any atom is 0.408 e. The number of nitrogens with one attached hydrogen (secondary N) is 5. The number of unbranched alkanes of at least 4 members (excludes halogenated alkanes) is 1. The number of ether oxygens (including phenoxy) is 1. The molecule has 3 rings (SSSR count). The molecule has 0 bridgehead atoms. The number of hydrogen-bond acceptors (Lipinski definition) is 7. The SMILES string of the molecule is CCCC[C@H](NC(=O)[C@H](Cc1c[nH]c2ccccc12)NC(=O)OC(C)(C)C)C(=O)N[C@@H](CC(=O)O)C(=O)N[C@@H](C(N)=O)c1ccccc1. The van der Waals surface area contributed by atoms with Crippen LogP contribution in [0.4, 0.5) is 4.79 Å². The molecule has 0 unspecified atom stereocenters. The molecule has 3 aromatic rings. The first-order valence-corrected chi connectivity index (χ1v) is 15.7. The predicted molar refractivity (Wildman–Crippen MR) is 177 cm³/mol. The lowest BCUT2D eigenvalue weighted by molar-refractivity contribution is -0.141. The number of fused-ring (bicyclic) bond motifs is 1. The molecule has 0 aliphatic heterocycles. The van der Waals surface area contributed by atoms with E-state index in [0.29, 0.717) is 18.4 Å². The topological polar surface area (TPSA) is 222 Å². The first kappa shape index (κ1) is 37.1. The summed E-state index contributed by atoms with van der Waals surface area (Å²) in [5, 5.41) is 20.5. The summed E-state index contributed by atoms with van der Waals surface area (Å²) in [6.45, 7) is 6.93. The number of primary amides is 1. The van der Waals surface area contributed by atoms with Crippen LogP contribution in [0.3, 0.4) is 0 Å². The number of para-hydroxylation sites is 1. The molecular weight excluding hydrogens is 620 g/mol. The smallest absolute Gasteiger partial charge is 0.408 e. The van der Waals surface area contributed by atoms with Crippen molar-refractivity contribution in [3.05, 3.63) is 71.9 Å². The highest BCUT2D eigenvalue weighted by Gasteiger charge is 2.33. The molecule has 258 valence electrons. The zero-order chi connectivity index (χ0) is 35.4. The van der Waals surface area contributed by atoms with E-state index in [9.17, 15) is 33.9 Å². The summed E-state index contributed by atoms with van der Waals surface area (Å²) >= 11 is 0. The lowest BCUT2D eigenvalue weighted by Crippen LogP contribution is -2.58. The summed E-state index contributed by atoms with van der Waals surface area (Å²) < 4.78 is 5.39. The van der Waals surface area contributed by atoms with E-state index in [1.54, 1.807) is 57.3 Å². The normalized spacial score (nSPS) is 13.8. The highest BCUT2D eigenvalue weighted by Crippen LogP contribution is 2.20. The molecule has 0 aliphatic carbocycles. The van der Waals surface area contributed by atoms with Crippen molar-refractivity contribution < 1.29 is 38.6 Å². The van der Waals surface area contributed by atoms with Gasteiger partial charge >= 0.3 is 12.1 Å². The first-order valence-electron chi connectivity index (χ1n) is 15.7. The van der Waals surface area contributed by atoms with Crippen LogP contribution in [0.2, 0.25) is 0 Å². The molecule has 0 saturated heterocycles. The molecule has 0 aliphatic rings. The number of carbonyl (C=O) groups is 6. The van der Waals surface area contributed by atoms with Crippen molar-refractivity contribution in [2.45, 2.75) is 89.6 Å². The highest BCUT2D eigenvalue weighted by molar-refractivity contribution is 5.97. The molecule has 0 spiro atoms. The van der Waals surface area contributed by atoms with Crippen molar-refractivity contribution in [2.75, 3.05) is 0 Å². The van der Waals surface area contributed by atoms with Gasteiger partial charge in [-0.05, 0) is 44.4 Å². The zero-order valence-corrected chi connectivity index (χ0v) is 27.5. The Kier molecular flexibility index (Phi) is 13.1. The summed E-state index contributed by atoms with van der Waals surface area (Å²) in [7, 11) is 0. The molecule has 1 aromatic heterocycles. The standard InChI is InChI=1S/C34H44N6O8/c1-5-6-15-24(30(44)38-26(18-27(41)42)32(46)40-28(29(35)43)20-12-8-7-9-13-20)37-31(45)25(39-33(47)48-34(2,3)4)17-21-19-36-23-16-11-10-14-22(21)23/h7-14,16,19,24-26,28,36H,5-6,15,17-18H2,1-4H3,(H2,35,43)(H,37,45)(H,38,44)(H,39,47)(H,40,46)(H,41,42)/t24-,25-,26-,28+/m0/s1. The Hall–Kier alpha value is -5.40. The number of carboxylic acid groups (broad SMARTS) is 1. The van der Waals surface area contributed by atoms with Crippen LogP contribution >= 0.6 is 0 Å². The number of amides is 5. The zero-order valence-electron chi connectivity index (χ0n) is 27.5. The molecular formula is C34H44N6O8. The van der Waals surface area contributed by atoms with Crippen LogP contribution in [0.1, 0.15) is 70.5 Å². The van der Waals surface area contributed by atoms with Gasteiger partial charge in [0.15, 0.2) is 0 Å². The minimum Gasteiger partial charge on any atom is -0.481 e. The Balaban J connectivity index is 1.84. The quantitative estimate of drug-likeness (QED) is 0.120. The van der Waals surface area contributed by atoms with Crippen molar-refractivity contribution in [1.29, 1.82) is 0 Å². The van der Waals surface area contributed by atoms with E-state index in [-0.39, 0.29) is 12.8 Å². The fourth-order valence-electron chi connectivity index (χ4n) is 4.99. The van der Waals surface area contributed by atoms with Crippen molar-refractivity contribution >= 4 is 46.6 Å². The Morgan fingerprint density at radius 2 is 1.44 bits per heavy atom. The van der Waals surface area contributed by atoms with E-state index in [4.69, 9.17) is 10.5 Å². The van der Waals surface area contributed by atoms with Crippen LogP contribution in [0.15, 0.2) is 60.8 Å². The second kappa shape index (κ2) is 17.0. The number of alkyl carbamates (subject to hydrolysis) is 1. The molecule has 0 fully saturated rings. The van der Waals surface area contributed by atoms with Crippen molar-refractivity contribution in [1.82, 2.24) is 26.3 Å². The van der Waals surface area contributed by atoms with Gasteiger partial charge in [0.2, 0.25) is 23.6 Å². The Labute approximate surface area is 278 Å². The molecule has 48 heavy (non-hydrogen) atoms. The molecule has 0 radical (unpaired) electrons. The highest BCUT2D eigenvalue weighted by atomic mass is 16.6. The Morgan fingerprint density at radius 3 is 2.06 bits per heavy atom. The van der Waals surface area contributed by atoms with E-state index in [2.05, 4.69) is 26.3 Å². The molecule has 2 aromatic carbocycles. The molecule has 14 heteroatoms. The third-order valence-electron chi connectivity index (χ3n) is 7.30. The third kappa shape index (κ3) is 11.1. The first-order chi connectivity index (χ1) is 22.7. The number of carbonyl (C=O) groups excluding carboxylic acids is 5. The lowest BCUT2D eigenvalue weighted by Gasteiger charge is -2.26. The van der Waals surface area contributed by atoms with Crippen LogP contribution in [-0.4, -0.2) is 69.5 Å². The van der Waals surface area contributed by atoms with Gasteiger partial charge in [-0.1, -0.05) is 68.3 Å².